The van der Waals surface area contributed by atoms with Gasteiger partial charge < -0.3 is 5.11 Å². The second kappa shape index (κ2) is 3.40. The first kappa shape index (κ1) is 9.18. The predicted octanol–water partition coefficient (Wildman–Crippen LogP) is 0.945. The fraction of sp³-hybridized carbons (Fsp3) is 0.667. The van der Waals surface area contributed by atoms with Gasteiger partial charge in [0.2, 0.25) is 0 Å². The van der Waals surface area contributed by atoms with Gasteiger partial charge in [-0.05, 0) is 19.3 Å². The summed E-state index contributed by atoms with van der Waals surface area (Å²) in [6.07, 6.45) is 2.81. The average molecular weight is 195 g/mol. The fourth-order valence-electron chi connectivity index (χ4n) is 2.03. The maximum atomic E-state index is 10.9. The van der Waals surface area contributed by atoms with Crippen LogP contribution < -0.4 is 0 Å². The second-order valence-electron chi connectivity index (χ2n) is 3.78. The number of fused-ring (bicyclic) bond motifs is 1. The standard InChI is InChI=1S/C9H13N3O2/c1-5(9(13)14)6-3-2-4-7-8(6)11-12-10-7/h5-6H,2-4H2,1H3,(H,13,14)(H,10,11,12). The first-order valence-electron chi connectivity index (χ1n) is 4.82. The summed E-state index contributed by atoms with van der Waals surface area (Å²) in [5, 5.41) is 19.6. The summed E-state index contributed by atoms with van der Waals surface area (Å²) in [5.41, 5.74) is 1.79. The number of hydrogen-bond donors (Lipinski definition) is 2. The Morgan fingerprint density at radius 3 is 3.14 bits per heavy atom. The van der Waals surface area contributed by atoms with Crippen molar-refractivity contribution in [3.63, 3.8) is 0 Å². The van der Waals surface area contributed by atoms with Crippen LogP contribution in [0.1, 0.15) is 37.1 Å². The van der Waals surface area contributed by atoms with Crippen LogP contribution in [0.15, 0.2) is 0 Å². The number of rotatable bonds is 2. The van der Waals surface area contributed by atoms with Crippen LogP contribution in [0.3, 0.4) is 0 Å². The van der Waals surface area contributed by atoms with Gasteiger partial charge in [0.15, 0.2) is 0 Å². The first-order valence-corrected chi connectivity index (χ1v) is 4.82. The minimum Gasteiger partial charge on any atom is -0.481 e. The molecule has 1 aromatic rings. The third kappa shape index (κ3) is 1.38. The van der Waals surface area contributed by atoms with Crippen LogP contribution in [0, 0.1) is 5.92 Å². The Labute approximate surface area is 81.5 Å². The molecule has 2 unspecified atom stereocenters. The molecule has 2 atom stereocenters. The molecule has 0 amide bonds. The largest absolute Gasteiger partial charge is 0.481 e. The molecule has 0 saturated heterocycles. The molecule has 14 heavy (non-hydrogen) atoms. The molecule has 5 heteroatoms. The van der Waals surface area contributed by atoms with Crippen LogP contribution in [-0.4, -0.2) is 26.5 Å². The number of aliphatic carboxylic acids is 1. The van der Waals surface area contributed by atoms with Crippen molar-refractivity contribution in [1.29, 1.82) is 0 Å². The summed E-state index contributed by atoms with van der Waals surface area (Å²) in [6.45, 7) is 1.73. The molecule has 0 fully saturated rings. The van der Waals surface area contributed by atoms with Gasteiger partial charge in [0, 0.05) is 5.92 Å². The number of carboxylic acid groups (broad SMARTS) is 1. The van der Waals surface area contributed by atoms with E-state index in [2.05, 4.69) is 15.4 Å². The minimum absolute atomic E-state index is 0.0231. The average Bonchev–Trinajstić information content (AvgIpc) is 2.63. The van der Waals surface area contributed by atoms with E-state index in [0.29, 0.717) is 0 Å². The highest BCUT2D eigenvalue weighted by molar-refractivity contribution is 5.70. The lowest BCUT2D eigenvalue weighted by Crippen LogP contribution is -2.23. The van der Waals surface area contributed by atoms with E-state index in [1.54, 1.807) is 6.92 Å². The summed E-state index contributed by atoms with van der Waals surface area (Å²) in [4.78, 5) is 10.9. The van der Waals surface area contributed by atoms with Gasteiger partial charge in [0.1, 0.15) is 0 Å². The number of nitrogens with one attached hydrogen (secondary N) is 1. The molecular weight excluding hydrogens is 182 g/mol. The molecule has 1 aliphatic rings. The summed E-state index contributed by atoms with van der Waals surface area (Å²) in [5.74, 6) is -1.11. The Morgan fingerprint density at radius 1 is 1.64 bits per heavy atom. The molecular formula is C9H13N3O2. The number of nitrogens with zero attached hydrogens (tertiary/aromatic N) is 2. The molecule has 1 aromatic heterocycles. The van der Waals surface area contributed by atoms with E-state index in [0.717, 1.165) is 30.7 Å². The molecule has 5 nitrogen and oxygen atoms in total. The number of aryl methyl sites for hydroxylation is 1. The second-order valence-corrected chi connectivity index (χ2v) is 3.78. The van der Waals surface area contributed by atoms with E-state index in [1.165, 1.54) is 0 Å². The Balaban J connectivity index is 2.28. The van der Waals surface area contributed by atoms with Crippen LogP contribution in [0.4, 0.5) is 0 Å². The predicted molar refractivity (Wildman–Crippen MR) is 48.9 cm³/mol. The number of aromatic nitrogens is 3. The molecule has 0 radical (unpaired) electrons. The number of H-pyrrole nitrogens is 1. The van der Waals surface area contributed by atoms with E-state index < -0.39 is 5.97 Å². The zero-order valence-electron chi connectivity index (χ0n) is 8.03. The van der Waals surface area contributed by atoms with Gasteiger partial charge in [-0.25, -0.2) is 0 Å². The Morgan fingerprint density at radius 2 is 2.43 bits per heavy atom. The van der Waals surface area contributed by atoms with Crippen molar-refractivity contribution in [3.8, 4) is 0 Å². The van der Waals surface area contributed by atoms with Gasteiger partial charge in [0.25, 0.3) is 0 Å². The number of aromatic amines is 1. The van der Waals surface area contributed by atoms with E-state index in [4.69, 9.17) is 5.11 Å². The highest BCUT2D eigenvalue weighted by Gasteiger charge is 2.31. The Bertz CT molecular complexity index is 348. The van der Waals surface area contributed by atoms with Crippen molar-refractivity contribution in [1.82, 2.24) is 15.4 Å². The van der Waals surface area contributed by atoms with Crippen molar-refractivity contribution >= 4 is 5.97 Å². The molecule has 2 rings (SSSR count). The van der Waals surface area contributed by atoms with E-state index in [1.807, 2.05) is 0 Å². The maximum absolute atomic E-state index is 10.9. The van der Waals surface area contributed by atoms with Crippen molar-refractivity contribution in [2.24, 2.45) is 5.92 Å². The molecule has 2 N–H and O–H groups in total. The summed E-state index contributed by atoms with van der Waals surface area (Å²) < 4.78 is 0. The van der Waals surface area contributed by atoms with Crippen molar-refractivity contribution in [2.45, 2.75) is 32.1 Å². The van der Waals surface area contributed by atoms with E-state index in [9.17, 15) is 4.79 Å². The highest BCUT2D eigenvalue weighted by atomic mass is 16.4. The Hall–Kier alpha value is -1.39. The third-order valence-electron chi connectivity index (χ3n) is 2.92. The molecule has 76 valence electrons. The lowest BCUT2D eigenvalue weighted by atomic mass is 9.81. The molecule has 1 heterocycles. The van der Waals surface area contributed by atoms with Crippen LogP contribution in [0.25, 0.3) is 0 Å². The SMILES string of the molecule is CC(C(=O)O)C1CCCc2n[nH]nc21. The summed E-state index contributed by atoms with van der Waals surface area (Å²) in [6, 6.07) is 0. The smallest absolute Gasteiger partial charge is 0.306 e. The van der Waals surface area contributed by atoms with Crippen molar-refractivity contribution in [3.05, 3.63) is 11.4 Å². The number of carbonyl (C=O) groups is 1. The molecule has 0 aliphatic heterocycles. The lowest BCUT2D eigenvalue weighted by Gasteiger charge is -2.23. The van der Waals surface area contributed by atoms with Gasteiger partial charge >= 0.3 is 5.97 Å². The quantitative estimate of drug-likeness (QED) is 0.736. The molecule has 0 bridgehead atoms. The van der Waals surface area contributed by atoms with Crippen LogP contribution in [0.5, 0.6) is 0 Å². The zero-order chi connectivity index (χ0) is 10.1. The molecule has 0 aromatic carbocycles. The molecule has 1 aliphatic carbocycles. The first-order chi connectivity index (χ1) is 6.70. The third-order valence-corrected chi connectivity index (χ3v) is 2.92. The molecule has 0 saturated carbocycles. The highest BCUT2D eigenvalue weighted by Crippen LogP contribution is 2.34. The molecule has 0 spiro atoms. The van der Waals surface area contributed by atoms with Crippen LogP contribution >= 0.6 is 0 Å². The van der Waals surface area contributed by atoms with E-state index >= 15 is 0 Å². The Kier molecular flexibility index (Phi) is 2.23. The van der Waals surface area contributed by atoms with Gasteiger partial charge in [-0.15, -0.1) is 0 Å². The maximum Gasteiger partial charge on any atom is 0.306 e. The van der Waals surface area contributed by atoms with Crippen molar-refractivity contribution in [2.75, 3.05) is 0 Å². The van der Waals surface area contributed by atoms with Crippen molar-refractivity contribution < 1.29 is 9.90 Å². The van der Waals surface area contributed by atoms with Gasteiger partial charge in [-0.2, -0.15) is 15.4 Å². The number of carboxylic acids is 1. The summed E-state index contributed by atoms with van der Waals surface area (Å²) in [7, 11) is 0. The lowest BCUT2D eigenvalue weighted by molar-refractivity contribution is -0.142. The monoisotopic (exact) mass is 195 g/mol. The van der Waals surface area contributed by atoms with Crippen LogP contribution in [-0.2, 0) is 11.2 Å². The van der Waals surface area contributed by atoms with Gasteiger partial charge in [0.05, 0.1) is 17.3 Å². The topological polar surface area (TPSA) is 78.9 Å². The van der Waals surface area contributed by atoms with E-state index in [-0.39, 0.29) is 11.8 Å². The van der Waals surface area contributed by atoms with Crippen LogP contribution in [0.2, 0.25) is 0 Å². The fourth-order valence-corrected chi connectivity index (χ4v) is 2.03. The normalized spacial score (nSPS) is 22.8. The number of hydrogen-bond acceptors (Lipinski definition) is 3. The summed E-state index contributed by atoms with van der Waals surface area (Å²) >= 11 is 0. The zero-order valence-corrected chi connectivity index (χ0v) is 8.03. The minimum atomic E-state index is -0.758. The van der Waals surface area contributed by atoms with Gasteiger partial charge in [-0.3, -0.25) is 4.79 Å². The van der Waals surface area contributed by atoms with Gasteiger partial charge in [-0.1, -0.05) is 6.92 Å².